The van der Waals surface area contributed by atoms with Crippen LogP contribution in [-0.2, 0) is 4.74 Å². The zero-order valence-electron chi connectivity index (χ0n) is 11.4. The third-order valence-corrected chi connectivity index (χ3v) is 3.72. The number of nitrogens with two attached hydrogens (primary N) is 1. The molecule has 0 saturated heterocycles. The van der Waals surface area contributed by atoms with Gasteiger partial charge < -0.3 is 10.5 Å². The van der Waals surface area contributed by atoms with Gasteiger partial charge in [0.15, 0.2) is 0 Å². The van der Waals surface area contributed by atoms with Crippen LogP contribution in [0, 0.1) is 11.2 Å². The topological polar surface area (TPSA) is 52.3 Å². The first kappa shape index (κ1) is 13.8. The highest BCUT2D eigenvalue weighted by Crippen LogP contribution is 2.36. The maximum absolute atomic E-state index is 13.2. The molecule has 1 aromatic rings. The number of benzene rings is 1. The van der Waals surface area contributed by atoms with Crippen molar-refractivity contribution < 1.29 is 13.9 Å². The third-order valence-electron chi connectivity index (χ3n) is 3.72. The van der Waals surface area contributed by atoms with E-state index in [1.807, 2.05) is 0 Å². The molecular weight excluding hydrogens is 245 g/mol. The number of nitrogen functional groups attached to an aromatic ring is 1. The van der Waals surface area contributed by atoms with Crippen LogP contribution in [0.25, 0.3) is 0 Å². The van der Waals surface area contributed by atoms with E-state index in [9.17, 15) is 9.18 Å². The molecule has 0 atom stereocenters. The Hall–Kier alpha value is -1.58. The molecule has 1 fully saturated rings. The van der Waals surface area contributed by atoms with Crippen molar-refractivity contribution in [3.8, 4) is 0 Å². The van der Waals surface area contributed by atoms with Gasteiger partial charge in [-0.15, -0.1) is 0 Å². The van der Waals surface area contributed by atoms with Crippen LogP contribution in [0.5, 0.6) is 0 Å². The minimum Gasteiger partial charge on any atom is -0.459 e. The average Bonchev–Trinajstić information content (AvgIpc) is 2.30. The number of hydrogen-bond acceptors (Lipinski definition) is 3. The number of carbonyl (C=O) groups excluding carboxylic acids is 1. The van der Waals surface area contributed by atoms with E-state index >= 15 is 0 Å². The van der Waals surface area contributed by atoms with Crippen molar-refractivity contribution in [1.82, 2.24) is 0 Å². The van der Waals surface area contributed by atoms with Gasteiger partial charge in [-0.1, -0.05) is 13.8 Å². The van der Waals surface area contributed by atoms with E-state index in [0.29, 0.717) is 5.41 Å². The molecule has 3 nitrogen and oxygen atoms in total. The maximum atomic E-state index is 13.2. The molecule has 0 amide bonds. The Morgan fingerprint density at radius 2 is 1.95 bits per heavy atom. The smallest absolute Gasteiger partial charge is 0.338 e. The first-order chi connectivity index (χ1) is 8.85. The second kappa shape index (κ2) is 5.19. The Kier molecular flexibility index (Phi) is 3.78. The molecule has 0 heterocycles. The van der Waals surface area contributed by atoms with Crippen LogP contribution in [0.2, 0.25) is 0 Å². The fourth-order valence-electron chi connectivity index (χ4n) is 2.44. The van der Waals surface area contributed by atoms with Crippen molar-refractivity contribution in [1.29, 1.82) is 0 Å². The van der Waals surface area contributed by atoms with Crippen LogP contribution < -0.4 is 5.73 Å². The quantitative estimate of drug-likeness (QED) is 0.657. The van der Waals surface area contributed by atoms with Crippen molar-refractivity contribution >= 4 is 11.7 Å². The molecule has 1 aromatic carbocycles. The lowest BCUT2D eigenvalue weighted by Crippen LogP contribution is -2.28. The summed E-state index contributed by atoms with van der Waals surface area (Å²) in [7, 11) is 0. The zero-order chi connectivity index (χ0) is 14.0. The normalized spacial score (nSPS) is 19.1. The van der Waals surface area contributed by atoms with Crippen LogP contribution in [0.4, 0.5) is 10.1 Å². The van der Waals surface area contributed by atoms with Crippen molar-refractivity contribution in [2.75, 3.05) is 5.73 Å². The molecular formula is C15H20FNO2. The summed E-state index contributed by atoms with van der Waals surface area (Å²) in [5.41, 5.74) is 6.26. The average molecular weight is 265 g/mol. The van der Waals surface area contributed by atoms with Gasteiger partial charge in [-0.2, -0.15) is 0 Å². The predicted octanol–water partition coefficient (Wildman–Crippen LogP) is 3.53. The molecule has 104 valence electrons. The summed E-state index contributed by atoms with van der Waals surface area (Å²) in [5, 5.41) is 0. The molecule has 0 unspecified atom stereocenters. The molecule has 0 radical (unpaired) electrons. The van der Waals surface area contributed by atoms with Crippen LogP contribution in [-0.4, -0.2) is 12.1 Å². The number of carbonyl (C=O) groups is 1. The third kappa shape index (κ3) is 3.69. The fraction of sp³-hybridized carbons (Fsp3) is 0.533. The Bertz CT molecular complexity index is 455. The number of hydrogen-bond donors (Lipinski definition) is 1. The molecule has 2 rings (SSSR count). The van der Waals surface area contributed by atoms with E-state index < -0.39 is 11.8 Å². The first-order valence-electron chi connectivity index (χ1n) is 6.63. The minimum atomic E-state index is -0.517. The van der Waals surface area contributed by atoms with E-state index in [4.69, 9.17) is 10.5 Å². The summed E-state index contributed by atoms with van der Waals surface area (Å²) < 4.78 is 18.6. The van der Waals surface area contributed by atoms with Crippen LogP contribution in [0.3, 0.4) is 0 Å². The van der Waals surface area contributed by atoms with Crippen molar-refractivity contribution in [3.05, 3.63) is 29.6 Å². The van der Waals surface area contributed by atoms with E-state index in [1.54, 1.807) is 0 Å². The van der Waals surface area contributed by atoms with Gasteiger partial charge in [0.25, 0.3) is 0 Å². The number of ether oxygens (including phenoxy) is 1. The molecule has 0 spiro atoms. The lowest BCUT2D eigenvalue weighted by molar-refractivity contribution is 0.00947. The zero-order valence-corrected chi connectivity index (χ0v) is 11.4. The number of rotatable bonds is 2. The lowest BCUT2D eigenvalue weighted by Gasteiger charge is -2.33. The Labute approximate surface area is 112 Å². The summed E-state index contributed by atoms with van der Waals surface area (Å²) in [6.07, 6.45) is 3.74. The Morgan fingerprint density at radius 3 is 2.53 bits per heavy atom. The highest BCUT2D eigenvalue weighted by Gasteiger charge is 2.29. The standard InChI is InChI=1S/C15H20FNO2/c1-15(2)5-3-13(4-6-15)19-14(18)10-7-11(16)9-12(17)8-10/h7-9,13H,3-6,17H2,1-2H3. The molecule has 2 N–H and O–H groups in total. The molecule has 0 aromatic heterocycles. The van der Waals surface area contributed by atoms with Gasteiger partial charge in [0, 0.05) is 5.69 Å². The SMILES string of the molecule is CC1(C)CCC(OC(=O)c2cc(N)cc(F)c2)CC1. The first-order valence-corrected chi connectivity index (χ1v) is 6.63. The Morgan fingerprint density at radius 1 is 1.32 bits per heavy atom. The van der Waals surface area contributed by atoms with E-state index in [2.05, 4.69) is 13.8 Å². The van der Waals surface area contributed by atoms with Gasteiger partial charge in [0.2, 0.25) is 0 Å². The molecule has 4 heteroatoms. The fourth-order valence-corrected chi connectivity index (χ4v) is 2.44. The minimum absolute atomic E-state index is 0.0648. The van der Waals surface area contributed by atoms with E-state index in [-0.39, 0.29) is 17.4 Å². The van der Waals surface area contributed by atoms with Crippen molar-refractivity contribution in [2.24, 2.45) is 5.41 Å². The summed E-state index contributed by atoms with van der Waals surface area (Å²) in [4.78, 5) is 11.9. The molecule has 1 aliphatic rings. The lowest BCUT2D eigenvalue weighted by atomic mass is 9.76. The second-order valence-corrected chi connectivity index (χ2v) is 6.04. The summed E-state index contributed by atoms with van der Waals surface area (Å²) >= 11 is 0. The van der Waals surface area contributed by atoms with Crippen LogP contribution in [0.15, 0.2) is 18.2 Å². The molecule has 0 bridgehead atoms. The summed E-state index contributed by atoms with van der Waals surface area (Å²) in [6.45, 7) is 4.44. The van der Waals surface area contributed by atoms with Gasteiger partial charge in [-0.3, -0.25) is 0 Å². The van der Waals surface area contributed by atoms with Gasteiger partial charge in [-0.25, -0.2) is 9.18 Å². The Balaban J connectivity index is 1.98. The number of halogens is 1. The monoisotopic (exact) mass is 265 g/mol. The molecule has 0 aliphatic heterocycles. The molecule has 1 aliphatic carbocycles. The van der Waals surface area contributed by atoms with E-state index in [1.165, 1.54) is 12.1 Å². The van der Waals surface area contributed by atoms with Crippen molar-refractivity contribution in [2.45, 2.75) is 45.6 Å². The van der Waals surface area contributed by atoms with Gasteiger partial charge in [-0.05, 0) is 49.3 Å². The predicted molar refractivity (Wildman–Crippen MR) is 72.3 cm³/mol. The highest BCUT2D eigenvalue weighted by molar-refractivity contribution is 5.90. The second-order valence-electron chi connectivity index (χ2n) is 6.04. The number of esters is 1. The highest BCUT2D eigenvalue weighted by atomic mass is 19.1. The summed E-state index contributed by atoms with van der Waals surface area (Å²) in [6, 6.07) is 3.78. The van der Waals surface area contributed by atoms with Gasteiger partial charge >= 0.3 is 5.97 Å². The van der Waals surface area contributed by atoms with Gasteiger partial charge in [0.05, 0.1) is 5.56 Å². The maximum Gasteiger partial charge on any atom is 0.338 e. The summed E-state index contributed by atoms with van der Waals surface area (Å²) in [5.74, 6) is -1.01. The number of anilines is 1. The van der Waals surface area contributed by atoms with E-state index in [0.717, 1.165) is 31.7 Å². The largest absolute Gasteiger partial charge is 0.459 e. The van der Waals surface area contributed by atoms with Gasteiger partial charge in [0.1, 0.15) is 11.9 Å². The molecule has 1 saturated carbocycles. The van der Waals surface area contributed by atoms with Crippen LogP contribution in [0.1, 0.15) is 49.9 Å². The van der Waals surface area contributed by atoms with Crippen molar-refractivity contribution in [3.63, 3.8) is 0 Å². The molecule has 19 heavy (non-hydrogen) atoms. The van der Waals surface area contributed by atoms with Crippen LogP contribution >= 0.6 is 0 Å².